The zero-order valence-electron chi connectivity index (χ0n) is 9.14. The average molecular weight is 315 g/mol. The third kappa shape index (κ3) is 2.95. The Bertz CT molecular complexity index is 495. The van der Waals surface area contributed by atoms with Crippen LogP contribution in [0.3, 0.4) is 0 Å². The van der Waals surface area contributed by atoms with E-state index in [4.69, 9.17) is 4.42 Å². The smallest absolute Gasteiger partial charge is 0.255 e. The van der Waals surface area contributed by atoms with Crippen LogP contribution in [0, 0.1) is 0 Å². The summed E-state index contributed by atoms with van der Waals surface area (Å²) >= 11 is 4.77. The van der Waals surface area contributed by atoms with Crippen molar-refractivity contribution in [3.63, 3.8) is 0 Å². The summed E-state index contributed by atoms with van der Waals surface area (Å²) in [5, 5.41) is 5.81. The van der Waals surface area contributed by atoms with Crippen molar-refractivity contribution in [2.75, 3.05) is 6.54 Å². The van der Waals surface area contributed by atoms with Gasteiger partial charge in [-0.1, -0.05) is 6.92 Å². The molecule has 17 heavy (non-hydrogen) atoms. The van der Waals surface area contributed by atoms with Crippen LogP contribution in [0.1, 0.15) is 28.2 Å². The van der Waals surface area contributed by atoms with E-state index in [1.807, 2.05) is 12.3 Å². The van der Waals surface area contributed by atoms with Gasteiger partial charge in [0, 0.05) is 24.0 Å². The molecule has 1 N–H and O–H groups in total. The van der Waals surface area contributed by atoms with Gasteiger partial charge in [0.15, 0.2) is 4.67 Å². The van der Waals surface area contributed by atoms with E-state index in [-0.39, 0.29) is 11.8 Å². The molecule has 1 unspecified atom stereocenters. The lowest BCUT2D eigenvalue weighted by Crippen LogP contribution is -2.27. The minimum atomic E-state index is -0.144. The summed E-state index contributed by atoms with van der Waals surface area (Å²) in [5.41, 5.74) is 0.510. The molecule has 0 saturated carbocycles. The molecule has 0 spiro atoms. The molecule has 0 aliphatic carbocycles. The van der Waals surface area contributed by atoms with Gasteiger partial charge < -0.3 is 9.73 Å². The van der Waals surface area contributed by atoms with Crippen molar-refractivity contribution in [2.24, 2.45) is 0 Å². The van der Waals surface area contributed by atoms with Gasteiger partial charge in [-0.3, -0.25) is 4.79 Å². The molecule has 2 aromatic rings. The van der Waals surface area contributed by atoms with Crippen LogP contribution in [0.4, 0.5) is 0 Å². The first kappa shape index (κ1) is 12.3. The van der Waals surface area contributed by atoms with Crippen molar-refractivity contribution in [3.8, 4) is 0 Å². The Morgan fingerprint density at radius 1 is 1.71 bits per heavy atom. The number of thiazole rings is 1. The molecule has 4 nitrogen and oxygen atoms in total. The molecular formula is C11H11BrN2O2S. The largest absolute Gasteiger partial charge is 0.457 e. The normalized spacial score (nSPS) is 12.4. The number of hydrogen-bond donors (Lipinski definition) is 1. The molecular weight excluding hydrogens is 304 g/mol. The summed E-state index contributed by atoms with van der Waals surface area (Å²) in [6.07, 6.45) is 3.24. The quantitative estimate of drug-likeness (QED) is 0.943. The Morgan fingerprint density at radius 2 is 2.53 bits per heavy atom. The molecule has 0 saturated heterocycles. The van der Waals surface area contributed by atoms with E-state index in [0.717, 1.165) is 5.01 Å². The summed E-state index contributed by atoms with van der Waals surface area (Å²) in [5.74, 6) is 0.0682. The molecule has 0 aliphatic heterocycles. The van der Waals surface area contributed by atoms with E-state index in [1.54, 1.807) is 23.6 Å². The summed E-state index contributed by atoms with van der Waals surface area (Å²) in [4.78, 5) is 16.0. The topological polar surface area (TPSA) is 55.1 Å². The van der Waals surface area contributed by atoms with Crippen LogP contribution >= 0.6 is 27.3 Å². The molecule has 2 rings (SSSR count). The second-order valence-corrected chi connectivity index (χ2v) is 5.24. The maximum absolute atomic E-state index is 11.8. The Hall–Kier alpha value is -1.14. The second-order valence-electron chi connectivity index (χ2n) is 3.59. The van der Waals surface area contributed by atoms with Crippen molar-refractivity contribution in [2.45, 2.75) is 12.8 Å². The highest BCUT2D eigenvalue weighted by molar-refractivity contribution is 9.10. The maximum atomic E-state index is 11.8. The fourth-order valence-corrected chi connectivity index (χ4v) is 2.48. The van der Waals surface area contributed by atoms with Gasteiger partial charge in [0.25, 0.3) is 5.91 Å². The molecule has 0 aromatic carbocycles. The number of rotatable bonds is 4. The van der Waals surface area contributed by atoms with Crippen LogP contribution in [-0.4, -0.2) is 17.4 Å². The van der Waals surface area contributed by atoms with Crippen molar-refractivity contribution in [1.82, 2.24) is 10.3 Å². The zero-order chi connectivity index (χ0) is 12.3. The summed E-state index contributed by atoms with van der Waals surface area (Å²) in [6, 6.07) is 1.63. The van der Waals surface area contributed by atoms with Crippen molar-refractivity contribution in [3.05, 3.63) is 39.1 Å². The van der Waals surface area contributed by atoms with Crippen molar-refractivity contribution >= 4 is 33.2 Å². The highest BCUT2D eigenvalue weighted by atomic mass is 79.9. The van der Waals surface area contributed by atoms with Gasteiger partial charge in [-0.15, -0.1) is 11.3 Å². The summed E-state index contributed by atoms with van der Waals surface area (Å²) in [7, 11) is 0. The highest BCUT2D eigenvalue weighted by Crippen LogP contribution is 2.19. The number of hydrogen-bond acceptors (Lipinski definition) is 4. The number of carbonyl (C=O) groups excluding carboxylic acids is 1. The van der Waals surface area contributed by atoms with Gasteiger partial charge in [0.05, 0.1) is 16.8 Å². The number of furan rings is 1. The van der Waals surface area contributed by atoms with E-state index in [9.17, 15) is 4.79 Å². The highest BCUT2D eigenvalue weighted by Gasteiger charge is 2.14. The lowest BCUT2D eigenvalue weighted by atomic mass is 10.2. The van der Waals surface area contributed by atoms with Crippen LogP contribution in [0.2, 0.25) is 0 Å². The van der Waals surface area contributed by atoms with Gasteiger partial charge in [0.2, 0.25) is 0 Å². The molecule has 1 atom stereocenters. The third-order valence-electron chi connectivity index (χ3n) is 2.30. The SMILES string of the molecule is CC(CNC(=O)c1ccoc1Br)c1nccs1. The van der Waals surface area contributed by atoms with Gasteiger partial charge >= 0.3 is 0 Å². The Labute approximate surface area is 111 Å². The molecule has 2 heterocycles. The fourth-order valence-electron chi connectivity index (χ4n) is 1.36. The molecule has 1 amide bonds. The monoisotopic (exact) mass is 314 g/mol. The first-order valence-electron chi connectivity index (χ1n) is 5.09. The Morgan fingerprint density at radius 3 is 3.12 bits per heavy atom. The van der Waals surface area contributed by atoms with E-state index in [2.05, 4.69) is 26.2 Å². The van der Waals surface area contributed by atoms with Crippen LogP contribution < -0.4 is 5.32 Å². The third-order valence-corrected chi connectivity index (χ3v) is 3.93. The van der Waals surface area contributed by atoms with Gasteiger partial charge in [0.1, 0.15) is 0 Å². The number of carbonyl (C=O) groups is 1. The number of amides is 1. The number of halogens is 1. The molecule has 0 radical (unpaired) electrons. The van der Waals surface area contributed by atoms with Gasteiger partial charge in [-0.25, -0.2) is 4.98 Å². The van der Waals surface area contributed by atoms with Crippen molar-refractivity contribution < 1.29 is 9.21 Å². The lowest BCUT2D eigenvalue weighted by Gasteiger charge is -2.09. The minimum absolute atomic E-state index is 0.144. The summed E-state index contributed by atoms with van der Waals surface area (Å²) in [6.45, 7) is 2.59. The molecule has 0 aliphatic rings. The minimum Gasteiger partial charge on any atom is -0.457 e. The molecule has 2 aromatic heterocycles. The fraction of sp³-hybridized carbons (Fsp3) is 0.273. The van der Waals surface area contributed by atoms with Crippen molar-refractivity contribution in [1.29, 1.82) is 0 Å². The van der Waals surface area contributed by atoms with E-state index in [1.165, 1.54) is 6.26 Å². The first-order chi connectivity index (χ1) is 8.18. The Kier molecular flexibility index (Phi) is 3.96. The molecule has 0 fully saturated rings. The lowest BCUT2D eigenvalue weighted by molar-refractivity contribution is 0.0950. The maximum Gasteiger partial charge on any atom is 0.255 e. The molecule has 6 heteroatoms. The second kappa shape index (κ2) is 5.46. The van der Waals surface area contributed by atoms with Crippen LogP contribution in [0.15, 0.2) is 33.0 Å². The van der Waals surface area contributed by atoms with Crippen LogP contribution in [0.5, 0.6) is 0 Å². The number of aromatic nitrogens is 1. The Balaban J connectivity index is 1.91. The standard InChI is InChI=1S/C11H11BrN2O2S/c1-7(11-13-3-5-17-11)6-14-10(15)8-2-4-16-9(8)12/h2-5,7H,6H2,1H3,(H,14,15). The van der Waals surface area contributed by atoms with Crippen LogP contribution in [0.25, 0.3) is 0 Å². The molecule has 0 bridgehead atoms. The van der Waals surface area contributed by atoms with E-state index < -0.39 is 0 Å². The summed E-state index contributed by atoms with van der Waals surface area (Å²) < 4.78 is 5.47. The predicted molar refractivity (Wildman–Crippen MR) is 69.3 cm³/mol. The van der Waals surface area contributed by atoms with E-state index in [0.29, 0.717) is 16.8 Å². The number of nitrogens with zero attached hydrogens (tertiary/aromatic N) is 1. The zero-order valence-corrected chi connectivity index (χ0v) is 11.5. The van der Waals surface area contributed by atoms with Gasteiger partial charge in [-0.2, -0.15) is 0 Å². The first-order valence-corrected chi connectivity index (χ1v) is 6.76. The molecule has 90 valence electrons. The number of nitrogens with one attached hydrogen (secondary N) is 1. The van der Waals surface area contributed by atoms with Crippen LogP contribution in [-0.2, 0) is 0 Å². The van der Waals surface area contributed by atoms with Gasteiger partial charge in [-0.05, 0) is 22.0 Å². The van der Waals surface area contributed by atoms with E-state index >= 15 is 0 Å². The predicted octanol–water partition coefficient (Wildman–Crippen LogP) is 3.03. The average Bonchev–Trinajstić information content (AvgIpc) is 2.95.